The van der Waals surface area contributed by atoms with E-state index < -0.39 is 11.6 Å². The molecule has 60 heavy (non-hydrogen) atoms. The van der Waals surface area contributed by atoms with Crippen LogP contribution in [-0.2, 0) is 15.6 Å². The zero-order valence-electron chi connectivity index (χ0n) is 35.1. The van der Waals surface area contributed by atoms with Crippen molar-refractivity contribution in [2.45, 2.75) is 52.4 Å². The average Bonchev–Trinajstić information content (AvgIpc) is 3.25. The number of benzene rings is 7. The zero-order valence-corrected chi connectivity index (χ0v) is 35.1. The van der Waals surface area contributed by atoms with Gasteiger partial charge in [-0.3, -0.25) is 4.79 Å². The van der Waals surface area contributed by atoms with Crippen LogP contribution in [0.4, 0.5) is 21.9 Å². The summed E-state index contributed by atoms with van der Waals surface area (Å²) in [5.74, 6) is 1.63. The minimum absolute atomic E-state index is 0.359. The molecule has 7 heteroatoms. The van der Waals surface area contributed by atoms with E-state index in [0.29, 0.717) is 17.2 Å². The summed E-state index contributed by atoms with van der Waals surface area (Å²) in [6, 6.07) is 56.3. The highest BCUT2D eigenvalue weighted by atomic mass is 16.7. The number of anilines is 3. The molecule has 0 saturated carbocycles. The fraction of sp³-hybridized carbons (Fsp3) is 0.170. The molecular weight excluding hydrogens is 747 g/mol. The Bertz CT molecular complexity index is 2500. The van der Waals surface area contributed by atoms with Crippen LogP contribution in [0.25, 0.3) is 0 Å². The van der Waals surface area contributed by atoms with Crippen LogP contribution >= 0.6 is 0 Å². The summed E-state index contributed by atoms with van der Waals surface area (Å²) >= 11 is 0. The van der Waals surface area contributed by atoms with Gasteiger partial charge in [-0.05, 0) is 134 Å². The minimum atomic E-state index is -0.837. The van der Waals surface area contributed by atoms with E-state index in [0.717, 1.165) is 50.6 Å². The molecule has 0 aliphatic heterocycles. The summed E-state index contributed by atoms with van der Waals surface area (Å²) in [7, 11) is 1.66. The van der Waals surface area contributed by atoms with E-state index in [4.69, 9.17) is 18.9 Å². The Morgan fingerprint density at radius 3 is 1.07 bits per heavy atom. The number of rotatable bonds is 12. The van der Waals surface area contributed by atoms with Crippen molar-refractivity contribution in [3.05, 3.63) is 209 Å². The molecule has 7 aromatic carbocycles. The second kappa shape index (κ2) is 17.4. The van der Waals surface area contributed by atoms with Crippen molar-refractivity contribution in [3.8, 4) is 23.0 Å². The normalized spacial score (nSPS) is 12.2. The molecule has 0 fully saturated rings. The summed E-state index contributed by atoms with van der Waals surface area (Å²) in [5, 5.41) is 0. The van der Waals surface area contributed by atoms with Gasteiger partial charge in [-0.2, -0.15) is 0 Å². The number of nitrogens with zero attached hydrogens (tertiary/aromatic N) is 1. The number of methoxy groups -OCH3 is 1. The van der Waals surface area contributed by atoms with Gasteiger partial charge in [0.05, 0.1) is 7.11 Å². The Kier molecular flexibility index (Phi) is 11.9. The van der Waals surface area contributed by atoms with Gasteiger partial charge in [0.15, 0.2) is 0 Å². The van der Waals surface area contributed by atoms with E-state index in [9.17, 15) is 9.59 Å². The van der Waals surface area contributed by atoms with Gasteiger partial charge in [0.1, 0.15) is 23.0 Å². The number of carbonyl (C=O) groups is 2. The van der Waals surface area contributed by atoms with Gasteiger partial charge >= 0.3 is 12.1 Å². The predicted octanol–water partition coefficient (Wildman–Crippen LogP) is 13.0. The monoisotopic (exact) mass is 795 g/mol. The number of ether oxygens (including phenoxy) is 4. The summed E-state index contributed by atoms with van der Waals surface area (Å²) in [6.07, 6.45) is -0.837. The van der Waals surface area contributed by atoms with Gasteiger partial charge in [0.2, 0.25) is 0 Å². The Hall–Kier alpha value is -7.12. The Labute approximate surface area is 352 Å². The molecule has 1 unspecified atom stereocenters. The maximum absolute atomic E-state index is 13.0. The molecule has 0 saturated heterocycles. The summed E-state index contributed by atoms with van der Waals surface area (Å²) in [5.41, 5.74) is 9.88. The highest BCUT2D eigenvalue weighted by molar-refractivity contribution is 5.77. The van der Waals surface area contributed by atoms with Crippen molar-refractivity contribution in [2.75, 3.05) is 12.0 Å². The van der Waals surface area contributed by atoms with E-state index in [-0.39, 0.29) is 11.4 Å². The third-order valence-corrected chi connectivity index (χ3v) is 11.2. The van der Waals surface area contributed by atoms with Crippen molar-refractivity contribution in [1.29, 1.82) is 0 Å². The fourth-order valence-corrected chi connectivity index (χ4v) is 7.48. The van der Waals surface area contributed by atoms with Crippen LogP contribution in [0.15, 0.2) is 170 Å². The second-order valence-corrected chi connectivity index (χ2v) is 15.7. The van der Waals surface area contributed by atoms with Crippen molar-refractivity contribution in [3.63, 3.8) is 0 Å². The van der Waals surface area contributed by atoms with Crippen LogP contribution in [0.1, 0.15) is 66.6 Å². The third kappa shape index (κ3) is 8.96. The molecule has 0 spiro atoms. The smallest absolute Gasteiger partial charge is 0.497 e. The lowest BCUT2D eigenvalue weighted by Crippen LogP contribution is -2.25. The summed E-state index contributed by atoms with van der Waals surface area (Å²) in [4.78, 5) is 26.6. The first-order chi connectivity index (χ1) is 28.8. The van der Waals surface area contributed by atoms with Crippen LogP contribution in [0, 0.1) is 13.8 Å². The number of esters is 1. The SMILES string of the molecule is COc1ccc(C(C)(c2ccc(OC(=O)Oc3ccc(C(C)(C)c4ccc(OC(C)=O)cc4)cc3)cc2)c2ccc(N(c3ccc(C)cc3)c3ccc(C)cc3)cc2)cc1. The lowest BCUT2D eigenvalue weighted by molar-refractivity contribution is -0.131. The van der Waals surface area contributed by atoms with Crippen LogP contribution in [0.3, 0.4) is 0 Å². The third-order valence-electron chi connectivity index (χ3n) is 11.2. The van der Waals surface area contributed by atoms with E-state index in [1.165, 1.54) is 18.1 Å². The molecule has 7 nitrogen and oxygen atoms in total. The van der Waals surface area contributed by atoms with E-state index >= 15 is 0 Å². The van der Waals surface area contributed by atoms with Crippen molar-refractivity contribution >= 4 is 29.2 Å². The topological polar surface area (TPSA) is 74.3 Å². The van der Waals surface area contributed by atoms with Crippen molar-refractivity contribution in [2.24, 2.45) is 0 Å². The number of carbonyl (C=O) groups excluding carboxylic acids is 2. The van der Waals surface area contributed by atoms with E-state index in [1.807, 2.05) is 48.5 Å². The standard InChI is InChI=1S/C53H49NO6/c1-36-8-22-44(23-9-36)54(45-24-10-37(2)11-25-45)46-26-12-41(13-27-46)53(6,42-18-28-47(57-7)29-19-42)43-20-34-50(35-21-43)60-51(56)59-49-32-16-40(17-33-49)52(4,5)39-14-30-48(31-15-39)58-38(3)55/h8-35H,1-7H3. The summed E-state index contributed by atoms with van der Waals surface area (Å²) in [6.45, 7) is 12.0. The van der Waals surface area contributed by atoms with Gasteiger partial charge in [0, 0.05) is 34.8 Å². The van der Waals surface area contributed by atoms with Crippen LogP contribution < -0.4 is 23.8 Å². The minimum Gasteiger partial charge on any atom is -0.497 e. The molecule has 302 valence electrons. The Balaban J connectivity index is 1.10. The van der Waals surface area contributed by atoms with Gasteiger partial charge < -0.3 is 23.8 Å². The molecule has 7 rings (SSSR count). The van der Waals surface area contributed by atoms with E-state index in [1.54, 1.807) is 43.5 Å². The van der Waals surface area contributed by atoms with Crippen LogP contribution in [0.2, 0.25) is 0 Å². The van der Waals surface area contributed by atoms with Crippen molar-refractivity contribution in [1.82, 2.24) is 0 Å². The fourth-order valence-electron chi connectivity index (χ4n) is 7.48. The molecular formula is C53H49NO6. The predicted molar refractivity (Wildman–Crippen MR) is 239 cm³/mol. The first kappa shape index (κ1) is 41.1. The first-order valence-electron chi connectivity index (χ1n) is 19.9. The average molecular weight is 796 g/mol. The number of aryl methyl sites for hydroxylation is 2. The van der Waals surface area contributed by atoms with Crippen LogP contribution in [-0.4, -0.2) is 19.2 Å². The second-order valence-electron chi connectivity index (χ2n) is 15.7. The molecule has 0 bridgehead atoms. The van der Waals surface area contributed by atoms with Gasteiger partial charge in [-0.25, -0.2) is 4.79 Å². The Morgan fingerprint density at radius 2 is 0.717 bits per heavy atom. The van der Waals surface area contributed by atoms with Gasteiger partial charge in [0.25, 0.3) is 0 Å². The molecule has 1 atom stereocenters. The number of hydrogen-bond acceptors (Lipinski definition) is 7. The largest absolute Gasteiger partial charge is 0.519 e. The van der Waals surface area contributed by atoms with Gasteiger partial charge in [-0.1, -0.05) is 110 Å². The Morgan fingerprint density at radius 1 is 0.417 bits per heavy atom. The molecule has 0 aromatic heterocycles. The maximum atomic E-state index is 13.0. The number of hydrogen-bond donors (Lipinski definition) is 0. The highest BCUT2D eigenvalue weighted by Gasteiger charge is 2.32. The molecule has 0 heterocycles. The molecule has 0 radical (unpaired) electrons. The van der Waals surface area contributed by atoms with Crippen molar-refractivity contribution < 1.29 is 28.5 Å². The van der Waals surface area contributed by atoms with E-state index in [2.05, 4.69) is 124 Å². The summed E-state index contributed by atoms with van der Waals surface area (Å²) < 4.78 is 21.9. The molecule has 0 aliphatic rings. The van der Waals surface area contributed by atoms with Crippen LogP contribution in [0.5, 0.6) is 23.0 Å². The molecule has 0 aliphatic carbocycles. The van der Waals surface area contributed by atoms with Gasteiger partial charge in [-0.15, -0.1) is 0 Å². The first-order valence-corrected chi connectivity index (χ1v) is 19.9. The maximum Gasteiger partial charge on any atom is 0.519 e. The highest BCUT2D eigenvalue weighted by Crippen LogP contribution is 2.42. The molecule has 0 N–H and O–H groups in total. The molecule has 7 aromatic rings. The quantitative estimate of drug-likeness (QED) is 0.0528. The zero-order chi connectivity index (χ0) is 42.4. The lowest BCUT2D eigenvalue weighted by atomic mass is 9.71. The lowest BCUT2D eigenvalue weighted by Gasteiger charge is -2.33. The molecule has 0 amide bonds.